The lowest BCUT2D eigenvalue weighted by atomic mass is 9.73. The summed E-state index contributed by atoms with van der Waals surface area (Å²) in [7, 11) is 0. The largest absolute Gasteiger partial charge is 0.492 e. The second-order valence-corrected chi connectivity index (χ2v) is 10.9. The first-order chi connectivity index (χ1) is 16.0. The standard InChI is InChI=1S/C27H30ClNO4/c28-22-11-20-19(10-25(22)32-15-17-4-5-17)13-27(8-2-1-3-9-27)29-14-21(24(30)12-23(20)29)26(31)33-16-18-6-7-18/h10-12,14,17-18H,1-9,13,15-16H2. The number of hydrogen-bond donors (Lipinski definition) is 0. The van der Waals surface area contributed by atoms with E-state index in [2.05, 4.69) is 10.6 Å². The summed E-state index contributed by atoms with van der Waals surface area (Å²) in [6.45, 7) is 1.12. The molecule has 2 aromatic rings. The van der Waals surface area contributed by atoms with Gasteiger partial charge in [0.15, 0.2) is 5.43 Å². The molecule has 3 aliphatic carbocycles. The lowest BCUT2D eigenvalue weighted by molar-refractivity contribution is 0.0482. The molecule has 174 valence electrons. The number of fused-ring (bicyclic) bond motifs is 4. The molecule has 1 aromatic carbocycles. The molecule has 3 saturated carbocycles. The molecule has 5 nitrogen and oxygen atoms in total. The van der Waals surface area contributed by atoms with Crippen LogP contribution in [0.2, 0.25) is 5.02 Å². The van der Waals surface area contributed by atoms with Gasteiger partial charge < -0.3 is 14.0 Å². The zero-order chi connectivity index (χ0) is 22.6. The van der Waals surface area contributed by atoms with Crippen LogP contribution in [0.5, 0.6) is 5.75 Å². The molecule has 0 radical (unpaired) electrons. The van der Waals surface area contributed by atoms with Crippen molar-refractivity contribution in [2.24, 2.45) is 11.8 Å². The zero-order valence-corrected chi connectivity index (χ0v) is 19.7. The lowest BCUT2D eigenvalue weighted by Gasteiger charge is -2.45. The number of hydrogen-bond acceptors (Lipinski definition) is 4. The Balaban J connectivity index is 1.42. The quantitative estimate of drug-likeness (QED) is 0.508. The number of halogens is 1. The van der Waals surface area contributed by atoms with Crippen LogP contribution >= 0.6 is 11.6 Å². The van der Waals surface area contributed by atoms with Crippen LogP contribution in [0.15, 0.2) is 29.2 Å². The van der Waals surface area contributed by atoms with Crippen molar-refractivity contribution in [2.45, 2.75) is 69.7 Å². The van der Waals surface area contributed by atoms with Crippen molar-refractivity contribution in [2.75, 3.05) is 13.2 Å². The normalized spacial score (nSPS) is 20.8. The number of esters is 1. The van der Waals surface area contributed by atoms with Gasteiger partial charge in [-0.05, 0) is 74.5 Å². The number of aromatic nitrogens is 1. The molecule has 33 heavy (non-hydrogen) atoms. The molecule has 6 heteroatoms. The maximum absolute atomic E-state index is 13.0. The fraction of sp³-hybridized carbons (Fsp3) is 0.556. The predicted octanol–water partition coefficient (Wildman–Crippen LogP) is 5.74. The molecule has 4 aliphatic rings. The van der Waals surface area contributed by atoms with Gasteiger partial charge in [0.1, 0.15) is 11.3 Å². The number of benzene rings is 1. The minimum Gasteiger partial charge on any atom is -0.492 e. The molecule has 0 N–H and O–H groups in total. The van der Waals surface area contributed by atoms with E-state index in [4.69, 9.17) is 21.1 Å². The van der Waals surface area contributed by atoms with Crippen LogP contribution in [0.3, 0.4) is 0 Å². The highest BCUT2D eigenvalue weighted by atomic mass is 35.5. The van der Waals surface area contributed by atoms with Crippen molar-refractivity contribution in [3.63, 3.8) is 0 Å². The number of ether oxygens (including phenoxy) is 2. The Hall–Kier alpha value is -2.27. The van der Waals surface area contributed by atoms with Gasteiger partial charge in [-0.1, -0.05) is 30.9 Å². The van der Waals surface area contributed by atoms with Crippen LogP contribution in [0.4, 0.5) is 0 Å². The highest BCUT2D eigenvalue weighted by Gasteiger charge is 2.40. The summed E-state index contributed by atoms with van der Waals surface area (Å²) in [6.07, 6.45) is 12.8. The Morgan fingerprint density at radius 3 is 2.48 bits per heavy atom. The van der Waals surface area contributed by atoms with Crippen LogP contribution in [-0.2, 0) is 16.7 Å². The fourth-order valence-corrected chi connectivity index (χ4v) is 5.71. The lowest BCUT2D eigenvalue weighted by Crippen LogP contribution is -2.42. The van der Waals surface area contributed by atoms with Gasteiger partial charge in [-0.2, -0.15) is 0 Å². The average molecular weight is 468 g/mol. The van der Waals surface area contributed by atoms with Crippen molar-refractivity contribution in [1.29, 1.82) is 0 Å². The van der Waals surface area contributed by atoms with Gasteiger partial charge in [-0.3, -0.25) is 4.79 Å². The number of carbonyl (C=O) groups is 1. The van der Waals surface area contributed by atoms with E-state index in [9.17, 15) is 9.59 Å². The van der Waals surface area contributed by atoms with E-state index in [0.717, 1.165) is 62.0 Å². The van der Waals surface area contributed by atoms with E-state index in [1.807, 2.05) is 6.07 Å². The average Bonchev–Trinajstić information content (AvgIpc) is 3.73. The van der Waals surface area contributed by atoms with E-state index in [1.54, 1.807) is 12.3 Å². The first kappa shape index (κ1) is 21.3. The zero-order valence-electron chi connectivity index (χ0n) is 18.9. The first-order valence-corrected chi connectivity index (χ1v) is 12.8. The summed E-state index contributed by atoms with van der Waals surface area (Å²) in [6, 6.07) is 5.64. The predicted molar refractivity (Wildman–Crippen MR) is 127 cm³/mol. The summed E-state index contributed by atoms with van der Waals surface area (Å²) in [4.78, 5) is 25.8. The summed E-state index contributed by atoms with van der Waals surface area (Å²) in [5, 5.41) is 0.570. The van der Waals surface area contributed by atoms with Crippen molar-refractivity contribution in [3.05, 3.63) is 50.8 Å². The van der Waals surface area contributed by atoms with E-state index >= 15 is 0 Å². The summed E-state index contributed by atoms with van der Waals surface area (Å²) in [5.41, 5.74) is 2.70. The number of pyridine rings is 1. The monoisotopic (exact) mass is 467 g/mol. The van der Waals surface area contributed by atoms with Crippen LogP contribution in [0.25, 0.3) is 11.3 Å². The molecule has 6 rings (SSSR count). The summed E-state index contributed by atoms with van der Waals surface area (Å²) < 4.78 is 13.7. The third-order valence-corrected chi connectivity index (χ3v) is 8.13. The third-order valence-electron chi connectivity index (χ3n) is 7.84. The molecule has 1 aromatic heterocycles. The van der Waals surface area contributed by atoms with E-state index in [-0.39, 0.29) is 16.5 Å². The molecule has 2 heterocycles. The maximum Gasteiger partial charge on any atom is 0.343 e. The maximum atomic E-state index is 13.0. The van der Waals surface area contributed by atoms with Crippen LogP contribution in [0.1, 0.15) is 73.7 Å². The highest BCUT2D eigenvalue weighted by molar-refractivity contribution is 6.32. The van der Waals surface area contributed by atoms with E-state index < -0.39 is 5.97 Å². The summed E-state index contributed by atoms with van der Waals surface area (Å²) >= 11 is 6.62. The second-order valence-electron chi connectivity index (χ2n) is 10.5. The van der Waals surface area contributed by atoms with Crippen molar-refractivity contribution < 1.29 is 14.3 Å². The van der Waals surface area contributed by atoms with Gasteiger partial charge in [0.05, 0.1) is 23.9 Å². The Kier molecular flexibility index (Phi) is 5.28. The van der Waals surface area contributed by atoms with Gasteiger partial charge in [0.2, 0.25) is 0 Å². The highest BCUT2D eigenvalue weighted by Crippen LogP contribution is 2.47. The van der Waals surface area contributed by atoms with Gasteiger partial charge in [0.25, 0.3) is 0 Å². The van der Waals surface area contributed by atoms with Crippen LogP contribution in [0, 0.1) is 11.8 Å². The number of carbonyl (C=O) groups excluding carboxylic acids is 1. The Morgan fingerprint density at radius 2 is 1.76 bits per heavy atom. The Bertz CT molecular complexity index is 1160. The summed E-state index contributed by atoms with van der Waals surface area (Å²) in [5.74, 6) is 1.36. The molecule has 0 unspecified atom stereocenters. The van der Waals surface area contributed by atoms with E-state index in [0.29, 0.717) is 30.1 Å². The molecule has 0 atom stereocenters. The molecule has 0 saturated heterocycles. The van der Waals surface area contributed by atoms with Gasteiger partial charge in [0, 0.05) is 23.4 Å². The van der Waals surface area contributed by atoms with Gasteiger partial charge >= 0.3 is 5.97 Å². The van der Waals surface area contributed by atoms with Gasteiger partial charge in [-0.25, -0.2) is 4.79 Å². The van der Waals surface area contributed by atoms with Crippen molar-refractivity contribution >= 4 is 17.6 Å². The molecule has 1 aliphatic heterocycles. The van der Waals surface area contributed by atoms with Crippen molar-refractivity contribution in [1.82, 2.24) is 4.57 Å². The molecule has 0 bridgehead atoms. The van der Waals surface area contributed by atoms with Gasteiger partial charge in [-0.15, -0.1) is 0 Å². The molecule has 1 spiro atoms. The molecular formula is C27H30ClNO4. The minimum atomic E-state index is -0.499. The SMILES string of the molecule is O=C(OCC1CC1)c1cn2c(cc1=O)-c1cc(Cl)c(OCC3CC3)cc1CC21CCCCC1. The topological polar surface area (TPSA) is 57.5 Å². The first-order valence-electron chi connectivity index (χ1n) is 12.4. The van der Waals surface area contributed by atoms with Crippen LogP contribution < -0.4 is 10.2 Å². The van der Waals surface area contributed by atoms with Crippen molar-refractivity contribution in [3.8, 4) is 17.0 Å². The minimum absolute atomic E-state index is 0.138. The second kappa shape index (κ2) is 8.19. The van der Waals surface area contributed by atoms with E-state index in [1.165, 1.54) is 24.8 Å². The third kappa shape index (κ3) is 4.09. The Morgan fingerprint density at radius 1 is 1.03 bits per heavy atom. The number of nitrogens with zero attached hydrogens (tertiary/aromatic N) is 1. The molecule has 3 fully saturated rings. The Labute approximate surface area is 199 Å². The molecule has 0 amide bonds. The van der Waals surface area contributed by atoms with Crippen LogP contribution in [-0.4, -0.2) is 23.8 Å². The molecular weight excluding hydrogens is 438 g/mol. The fourth-order valence-electron chi connectivity index (χ4n) is 5.49. The number of rotatable bonds is 6. The smallest absolute Gasteiger partial charge is 0.343 e.